The zero-order valence-electron chi connectivity index (χ0n) is 9.59. The van der Waals surface area contributed by atoms with Gasteiger partial charge in [-0.2, -0.15) is 5.26 Å². The van der Waals surface area contributed by atoms with E-state index >= 15 is 0 Å². The molecule has 2 unspecified atom stereocenters. The van der Waals surface area contributed by atoms with E-state index in [0.717, 1.165) is 5.92 Å². The van der Waals surface area contributed by atoms with Gasteiger partial charge in [0.25, 0.3) is 0 Å². The Balaban J connectivity index is 2.32. The minimum Gasteiger partial charge on any atom is -0.197 e. The van der Waals surface area contributed by atoms with Gasteiger partial charge >= 0.3 is 0 Å². The Morgan fingerprint density at radius 1 is 1.50 bits per heavy atom. The summed E-state index contributed by atoms with van der Waals surface area (Å²) in [6, 6.07) is 2.44. The molecule has 1 saturated carbocycles. The van der Waals surface area contributed by atoms with Crippen molar-refractivity contribution in [3.05, 3.63) is 11.6 Å². The number of nitriles is 1. The molecule has 14 heavy (non-hydrogen) atoms. The lowest BCUT2D eigenvalue weighted by Gasteiger charge is -2.58. The molecule has 2 atom stereocenters. The van der Waals surface area contributed by atoms with Gasteiger partial charge in [-0.15, -0.1) is 0 Å². The maximum atomic E-state index is 9.16. The summed E-state index contributed by atoms with van der Waals surface area (Å²) >= 11 is 0. The molecule has 1 nitrogen and oxygen atoms in total. The topological polar surface area (TPSA) is 23.8 Å². The van der Waals surface area contributed by atoms with E-state index in [2.05, 4.69) is 26.0 Å². The number of rotatable bonds is 1. The first-order valence-electron chi connectivity index (χ1n) is 5.51. The third-order valence-electron chi connectivity index (χ3n) is 4.47. The van der Waals surface area contributed by atoms with Crippen LogP contribution in [0.25, 0.3) is 0 Å². The predicted molar refractivity (Wildman–Crippen MR) is 57.5 cm³/mol. The summed E-state index contributed by atoms with van der Waals surface area (Å²) in [5.74, 6) is 1.53. The van der Waals surface area contributed by atoms with Gasteiger partial charge in [0.05, 0.1) is 11.5 Å². The second kappa shape index (κ2) is 2.63. The van der Waals surface area contributed by atoms with E-state index in [9.17, 15) is 0 Å². The highest BCUT2D eigenvalue weighted by atomic mass is 14.6. The van der Waals surface area contributed by atoms with Crippen LogP contribution >= 0.6 is 0 Å². The Hall–Kier alpha value is -0.770. The molecule has 0 saturated heterocycles. The molecule has 0 radical (unpaired) electrons. The van der Waals surface area contributed by atoms with Crippen molar-refractivity contribution in [2.45, 2.75) is 40.5 Å². The standard InChI is InChI=1S/C13H19N/c1-12(2,8-14)10-6-5-9-7-11(10)13(9,3)4/h6,9,11H,5,7H2,1-4H3. The molecule has 0 heterocycles. The molecule has 3 aliphatic carbocycles. The van der Waals surface area contributed by atoms with Crippen molar-refractivity contribution in [1.29, 1.82) is 5.26 Å². The van der Waals surface area contributed by atoms with Crippen LogP contribution in [0.15, 0.2) is 11.6 Å². The molecule has 3 aliphatic rings. The first kappa shape index (κ1) is 9.77. The maximum Gasteiger partial charge on any atom is 0.0729 e. The lowest BCUT2D eigenvalue weighted by atomic mass is 9.46. The van der Waals surface area contributed by atoms with Crippen LogP contribution in [0, 0.1) is 34.0 Å². The average Bonchev–Trinajstić information content (AvgIpc) is 2.17. The van der Waals surface area contributed by atoms with Crippen LogP contribution in [-0.4, -0.2) is 0 Å². The normalized spacial score (nSPS) is 34.1. The van der Waals surface area contributed by atoms with Gasteiger partial charge in [0.1, 0.15) is 0 Å². The highest BCUT2D eigenvalue weighted by molar-refractivity contribution is 5.32. The minimum atomic E-state index is -0.257. The van der Waals surface area contributed by atoms with Crippen molar-refractivity contribution < 1.29 is 0 Å². The van der Waals surface area contributed by atoms with Crippen molar-refractivity contribution in [2.24, 2.45) is 22.7 Å². The van der Waals surface area contributed by atoms with Crippen molar-refractivity contribution in [3.63, 3.8) is 0 Å². The number of fused-ring (bicyclic) bond motifs is 1. The first-order valence-corrected chi connectivity index (χ1v) is 5.51. The van der Waals surface area contributed by atoms with Gasteiger partial charge < -0.3 is 0 Å². The van der Waals surface area contributed by atoms with Gasteiger partial charge in [0.2, 0.25) is 0 Å². The monoisotopic (exact) mass is 189 g/mol. The molecule has 0 aromatic carbocycles. The lowest BCUT2D eigenvalue weighted by Crippen LogP contribution is -2.50. The smallest absolute Gasteiger partial charge is 0.0729 e. The van der Waals surface area contributed by atoms with Crippen LogP contribution in [-0.2, 0) is 0 Å². The van der Waals surface area contributed by atoms with Crippen molar-refractivity contribution >= 4 is 0 Å². The second-order valence-corrected chi connectivity index (χ2v) is 5.94. The molecule has 0 aromatic rings. The molecule has 0 amide bonds. The summed E-state index contributed by atoms with van der Waals surface area (Å²) in [6.07, 6.45) is 4.82. The fourth-order valence-corrected chi connectivity index (χ4v) is 3.11. The Labute approximate surface area is 86.8 Å². The van der Waals surface area contributed by atoms with Crippen molar-refractivity contribution in [1.82, 2.24) is 0 Å². The summed E-state index contributed by atoms with van der Waals surface area (Å²) in [5, 5.41) is 9.16. The number of nitrogens with zero attached hydrogens (tertiary/aromatic N) is 1. The van der Waals surface area contributed by atoms with Gasteiger partial charge in [-0.3, -0.25) is 0 Å². The number of hydrogen-bond acceptors (Lipinski definition) is 1. The van der Waals surface area contributed by atoms with Gasteiger partial charge in [-0.25, -0.2) is 0 Å². The second-order valence-electron chi connectivity index (χ2n) is 5.94. The minimum absolute atomic E-state index is 0.257. The number of hydrogen-bond donors (Lipinski definition) is 0. The zero-order chi connectivity index (χ0) is 10.6. The van der Waals surface area contributed by atoms with Crippen LogP contribution in [0.2, 0.25) is 0 Å². The predicted octanol–water partition coefficient (Wildman–Crippen LogP) is 3.53. The zero-order valence-corrected chi connectivity index (χ0v) is 9.59. The largest absolute Gasteiger partial charge is 0.197 e. The van der Waals surface area contributed by atoms with E-state index < -0.39 is 0 Å². The van der Waals surface area contributed by atoms with Gasteiger partial charge in [-0.05, 0) is 43.9 Å². The molecule has 0 aliphatic heterocycles. The fourth-order valence-electron chi connectivity index (χ4n) is 3.11. The van der Waals surface area contributed by atoms with Crippen LogP contribution in [0.4, 0.5) is 0 Å². The van der Waals surface area contributed by atoms with E-state index in [0.29, 0.717) is 11.3 Å². The van der Waals surface area contributed by atoms with Crippen molar-refractivity contribution in [2.75, 3.05) is 0 Å². The average molecular weight is 189 g/mol. The molecule has 1 heteroatoms. The van der Waals surface area contributed by atoms with Gasteiger partial charge in [0, 0.05) is 0 Å². The molecule has 1 fully saturated rings. The van der Waals surface area contributed by atoms with Crippen LogP contribution in [0.3, 0.4) is 0 Å². The van der Waals surface area contributed by atoms with Crippen LogP contribution in [0.5, 0.6) is 0 Å². The molecule has 2 bridgehead atoms. The Bertz CT molecular complexity index is 328. The molecule has 0 N–H and O–H groups in total. The Kier molecular flexibility index (Phi) is 1.83. The first-order chi connectivity index (χ1) is 6.39. The molecular weight excluding hydrogens is 170 g/mol. The summed E-state index contributed by atoms with van der Waals surface area (Å²) in [4.78, 5) is 0. The summed E-state index contributed by atoms with van der Waals surface area (Å²) in [5.41, 5.74) is 1.58. The third kappa shape index (κ3) is 1.06. The molecular formula is C13H19N. The van der Waals surface area contributed by atoms with Crippen LogP contribution in [0.1, 0.15) is 40.5 Å². The Morgan fingerprint density at radius 3 is 2.57 bits per heavy atom. The molecule has 3 rings (SSSR count). The number of allylic oxidation sites excluding steroid dienone is 2. The third-order valence-corrected chi connectivity index (χ3v) is 4.47. The van der Waals surface area contributed by atoms with E-state index in [4.69, 9.17) is 5.26 Å². The fraction of sp³-hybridized carbons (Fsp3) is 0.769. The van der Waals surface area contributed by atoms with E-state index in [1.165, 1.54) is 18.4 Å². The van der Waals surface area contributed by atoms with E-state index in [1.807, 2.05) is 13.8 Å². The molecule has 0 spiro atoms. The summed E-state index contributed by atoms with van der Waals surface area (Å²) < 4.78 is 0. The SMILES string of the molecule is CC(C)(C#N)C1=CCC2CC1C2(C)C. The van der Waals surface area contributed by atoms with Gasteiger partial charge in [-0.1, -0.05) is 25.5 Å². The molecule has 0 aromatic heterocycles. The highest BCUT2D eigenvalue weighted by Crippen LogP contribution is 2.62. The highest BCUT2D eigenvalue weighted by Gasteiger charge is 2.53. The Morgan fingerprint density at radius 2 is 2.14 bits per heavy atom. The quantitative estimate of drug-likeness (QED) is 0.579. The summed E-state index contributed by atoms with van der Waals surface area (Å²) in [7, 11) is 0. The lowest BCUT2D eigenvalue weighted by molar-refractivity contribution is -0.0152. The molecule has 76 valence electrons. The summed E-state index contributed by atoms with van der Waals surface area (Å²) in [6.45, 7) is 8.81. The van der Waals surface area contributed by atoms with Crippen molar-refractivity contribution in [3.8, 4) is 6.07 Å². The van der Waals surface area contributed by atoms with Crippen LogP contribution < -0.4 is 0 Å². The van der Waals surface area contributed by atoms with E-state index in [1.54, 1.807) is 0 Å². The maximum absolute atomic E-state index is 9.16. The van der Waals surface area contributed by atoms with E-state index in [-0.39, 0.29) is 5.41 Å². The van der Waals surface area contributed by atoms with Gasteiger partial charge in [0.15, 0.2) is 0 Å².